The zero-order valence-corrected chi connectivity index (χ0v) is 15.4. The standard InChI is InChI=1S/C14H21BrN2O2S2/c1-10-8-13(20-14(10)15)21(18,19)17-6-4-12(5-7-17)16-9-11-2-3-11/h8,11-12,16H,2-7,9H2,1H3. The van der Waals surface area contributed by atoms with Crippen LogP contribution < -0.4 is 5.32 Å². The third-order valence-corrected chi connectivity index (χ3v) is 8.76. The molecular formula is C14H21BrN2O2S2. The van der Waals surface area contributed by atoms with Gasteiger partial charge in [0, 0.05) is 19.1 Å². The fraction of sp³-hybridized carbons (Fsp3) is 0.714. The summed E-state index contributed by atoms with van der Waals surface area (Å²) in [5.41, 5.74) is 0.986. The molecule has 1 aromatic rings. The maximum absolute atomic E-state index is 12.6. The molecule has 1 aliphatic carbocycles. The SMILES string of the molecule is Cc1cc(S(=O)(=O)N2CCC(NCC3CC3)CC2)sc1Br. The van der Waals surface area contributed by atoms with Gasteiger partial charge in [-0.2, -0.15) is 4.31 Å². The molecule has 0 spiro atoms. The molecule has 1 saturated carbocycles. The van der Waals surface area contributed by atoms with Crippen molar-refractivity contribution in [3.63, 3.8) is 0 Å². The Labute approximate surface area is 139 Å². The third-order valence-electron chi connectivity index (χ3n) is 4.27. The van der Waals surface area contributed by atoms with E-state index in [1.165, 1.54) is 24.2 Å². The molecule has 0 amide bonds. The van der Waals surface area contributed by atoms with E-state index in [0.717, 1.165) is 34.7 Å². The van der Waals surface area contributed by atoms with Crippen LogP contribution >= 0.6 is 27.3 Å². The highest BCUT2D eigenvalue weighted by Gasteiger charge is 2.31. The van der Waals surface area contributed by atoms with Crippen LogP contribution in [0.15, 0.2) is 14.1 Å². The summed E-state index contributed by atoms with van der Waals surface area (Å²) in [5.74, 6) is 0.873. The van der Waals surface area contributed by atoms with Gasteiger partial charge in [0.25, 0.3) is 10.0 Å². The molecule has 2 heterocycles. The van der Waals surface area contributed by atoms with Gasteiger partial charge in [-0.15, -0.1) is 11.3 Å². The first-order chi connectivity index (χ1) is 9.96. The molecule has 2 aliphatic rings. The van der Waals surface area contributed by atoms with Crippen molar-refractivity contribution in [2.75, 3.05) is 19.6 Å². The quantitative estimate of drug-likeness (QED) is 0.837. The van der Waals surface area contributed by atoms with E-state index in [1.807, 2.05) is 6.92 Å². The first-order valence-electron chi connectivity index (χ1n) is 7.46. The molecule has 0 unspecified atom stereocenters. The van der Waals surface area contributed by atoms with Gasteiger partial charge in [-0.1, -0.05) is 0 Å². The summed E-state index contributed by atoms with van der Waals surface area (Å²) in [4.78, 5) is 0. The Hall–Kier alpha value is 0.0500. The monoisotopic (exact) mass is 392 g/mol. The van der Waals surface area contributed by atoms with E-state index >= 15 is 0 Å². The highest BCUT2D eigenvalue weighted by Crippen LogP contribution is 2.33. The van der Waals surface area contributed by atoms with Crippen LogP contribution in [0.5, 0.6) is 0 Å². The summed E-state index contributed by atoms with van der Waals surface area (Å²) < 4.78 is 28.3. The van der Waals surface area contributed by atoms with Crippen LogP contribution in [-0.4, -0.2) is 38.4 Å². The van der Waals surface area contributed by atoms with Crippen LogP contribution in [0.3, 0.4) is 0 Å². The molecule has 0 atom stereocenters. The Balaban J connectivity index is 1.59. The topological polar surface area (TPSA) is 49.4 Å². The average Bonchev–Trinajstić information content (AvgIpc) is 3.23. The molecule has 4 nitrogen and oxygen atoms in total. The Kier molecular flexibility index (Phi) is 4.76. The number of halogens is 1. The van der Waals surface area contributed by atoms with Crippen LogP contribution in [-0.2, 0) is 10.0 Å². The predicted molar refractivity (Wildman–Crippen MR) is 89.3 cm³/mol. The number of nitrogens with zero attached hydrogens (tertiary/aromatic N) is 1. The number of piperidine rings is 1. The maximum atomic E-state index is 12.6. The Morgan fingerprint density at radius 2 is 2.00 bits per heavy atom. The van der Waals surface area contributed by atoms with Crippen molar-refractivity contribution in [3.05, 3.63) is 15.4 Å². The van der Waals surface area contributed by atoms with Gasteiger partial charge < -0.3 is 5.32 Å². The molecule has 0 radical (unpaired) electrons. The minimum absolute atomic E-state index is 0.455. The summed E-state index contributed by atoms with van der Waals surface area (Å²) in [6, 6.07) is 2.25. The van der Waals surface area contributed by atoms with Crippen molar-refractivity contribution >= 4 is 37.3 Å². The van der Waals surface area contributed by atoms with E-state index in [2.05, 4.69) is 21.2 Å². The number of sulfonamides is 1. The fourth-order valence-corrected chi connectivity index (χ4v) is 6.49. The first-order valence-corrected chi connectivity index (χ1v) is 10.5. The summed E-state index contributed by atoms with van der Waals surface area (Å²) in [5, 5.41) is 3.58. The second-order valence-electron chi connectivity index (χ2n) is 6.05. The van der Waals surface area contributed by atoms with Gasteiger partial charge in [0.05, 0.1) is 3.79 Å². The Morgan fingerprint density at radius 1 is 1.33 bits per heavy atom. The lowest BCUT2D eigenvalue weighted by molar-refractivity contribution is 0.288. The van der Waals surface area contributed by atoms with Crippen molar-refractivity contribution in [3.8, 4) is 0 Å². The molecule has 2 fully saturated rings. The molecule has 0 aromatic carbocycles. The van der Waals surface area contributed by atoms with E-state index in [-0.39, 0.29) is 0 Å². The van der Waals surface area contributed by atoms with Gasteiger partial charge in [-0.05, 0) is 72.6 Å². The van der Waals surface area contributed by atoms with E-state index in [9.17, 15) is 8.42 Å². The van der Waals surface area contributed by atoms with Crippen molar-refractivity contribution in [2.45, 2.75) is 42.9 Å². The lowest BCUT2D eigenvalue weighted by atomic mass is 10.1. The molecule has 7 heteroatoms. The highest BCUT2D eigenvalue weighted by molar-refractivity contribution is 9.11. The second-order valence-corrected chi connectivity index (χ2v) is 10.6. The number of thiophene rings is 1. The molecular weight excluding hydrogens is 372 g/mol. The van der Waals surface area contributed by atoms with E-state index in [4.69, 9.17) is 0 Å². The van der Waals surface area contributed by atoms with Gasteiger partial charge in [0.1, 0.15) is 4.21 Å². The third kappa shape index (κ3) is 3.69. The molecule has 1 saturated heterocycles. The van der Waals surface area contributed by atoms with E-state index in [0.29, 0.717) is 23.3 Å². The summed E-state index contributed by atoms with van der Waals surface area (Å²) >= 11 is 4.72. The average molecular weight is 393 g/mol. The van der Waals surface area contributed by atoms with Crippen molar-refractivity contribution in [2.24, 2.45) is 5.92 Å². The van der Waals surface area contributed by atoms with Crippen molar-refractivity contribution < 1.29 is 8.42 Å². The van der Waals surface area contributed by atoms with Crippen LogP contribution in [0.1, 0.15) is 31.2 Å². The summed E-state index contributed by atoms with van der Waals surface area (Å²) in [7, 11) is -3.31. The molecule has 3 rings (SSSR count). The van der Waals surface area contributed by atoms with Gasteiger partial charge in [-0.3, -0.25) is 0 Å². The van der Waals surface area contributed by atoms with Gasteiger partial charge in [0.15, 0.2) is 0 Å². The normalized spacial score (nSPS) is 21.8. The molecule has 1 aliphatic heterocycles. The highest BCUT2D eigenvalue weighted by atomic mass is 79.9. The van der Waals surface area contributed by atoms with Gasteiger partial charge >= 0.3 is 0 Å². The van der Waals surface area contributed by atoms with E-state index < -0.39 is 10.0 Å². The molecule has 0 bridgehead atoms. The second kappa shape index (κ2) is 6.28. The Morgan fingerprint density at radius 3 is 2.52 bits per heavy atom. The first kappa shape index (κ1) is 15.9. The number of aryl methyl sites for hydroxylation is 1. The van der Waals surface area contributed by atoms with Crippen LogP contribution in [0.4, 0.5) is 0 Å². The maximum Gasteiger partial charge on any atom is 0.252 e. The smallest absolute Gasteiger partial charge is 0.252 e. The van der Waals surface area contributed by atoms with E-state index in [1.54, 1.807) is 10.4 Å². The Bertz CT molecular complexity index is 583. The number of rotatable bonds is 5. The summed E-state index contributed by atoms with van der Waals surface area (Å²) in [6.07, 6.45) is 4.54. The van der Waals surface area contributed by atoms with Crippen molar-refractivity contribution in [1.29, 1.82) is 0 Å². The zero-order chi connectivity index (χ0) is 15.0. The molecule has 1 aromatic heterocycles. The zero-order valence-electron chi connectivity index (χ0n) is 12.1. The van der Waals surface area contributed by atoms with Crippen LogP contribution in [0, 0.1) is 12.8 Å². The van der Waals surface area contributed by atoms with Crippen LogP contribution in [0.25, 0.3) is 0 Å². The molecule has 1 N–H and O–H groups in total. The number of nitrogens with one attached hydrogen (secondary N) is 1. The lowest BCUT2D eigenvalue weighted by Gasteiger charge is -2.31. The molecule has 118 valence electrons. The van der Waals surface area contributed by atoms with Gasteiger partial charge in [0.2, 0.25) is 0 Å². The number of hydrogen-bond donors (Lipinski definition) is 1. The minimum atomic E-state index is -3.31. The lowest BCUT2D eigenvalue weighted by Crippen LogP contribution is -2.45. The summed E-state index contributed by atoms with van der Waals surface area (Å²) in [6.45, 7) is 4.28. The molecule has 21 heavy (non-hydrogen) atoms. The van der Waals surface area contributed by atoms with Crippen molar-refractivity contribution in [1.82, 2.24) is 9.62 Å². The van der Waals surface area contributed by atoms with Crippen LogP contribution in [0.2, 0.25) is 0 Å². The predicted octanol–water partition coefficient (Wildman–Crippen LogP) is 2.97. The fourth-order valence-electron chi connectivity index (χ4n) is 2.64. The van der Waals surface area contributed by atoms with Gasteiger partial charge in [-0.25, -0.2) is 8.42 Å². The largest absolute Gasteiger partial charge is 0.314 e. The number of hydrogen-bond acceptors (Lipinski definition) is 4. The minimum Gasteiger partial charge on any atom is -0.314 e.